The zero-order valence-electron chi connectivity index (χ0n) is 16.1. The van der Waals surface area contributed by atoms with E-state index in [0.717, 1.165) is 44.9 Å². The summed E-state index contributed by atoms with van der Waals surface area (Å²) in [7, 11) is -4.92. The Balaban J connectivity index is 0.000000420. The molecule has 1 aliphatic heterocycles. The molecule has 5 aliphatic rings. The van der Waals surface area contributed by atoms with Crippen molar-refractivity contribution in [1.29, 1.82) is 5.26 Å². The summed E-state index contributed by atoms with van der Waals surface area (Å²) in [5.41, 5.74) is -0.542. The molecule has 5 rings (SSSR count). The van der Waals surface area contributed by atoms with E-state index in [1.54, 1.807) is 4.90 Å². The minimum Gasteiger partial charge on any atom is -0.726 e. The van der Waals surface area contributed by atoms with Crippen molar-refractivity contribution in [3.8, 4) is 6.07 Å². The van der Waals surface area contributed by atoms with Crippen LogP contribution in [0.1, 0.15) is 51.4 Å². The Bertz CT molecular complexity index is 718. The van der Waals surface area contributed by atoms with Crippen molar-refractivity contribution in [3.63, 3.8) is 0 Å². The molecule has 9 nitrogen and oxygen atoms in total. The number of amides is 1. The predicted molar refractivity (Wildman–Crippen MR) is 93.0 cm³/mol. The van der Waals surface area contributed by atoms with E-state index in [1.165, 1.54) is 6.42 Å². The maximum absolute atomic E-state index is 12.4. The van der Waals surface area contributed by atoms with E-state index in [-0.39, 0.29) is 68.9 Å². The van der Waals surface area contributed by atoms with Crippen LogP contribution >= 0.6 is 0 Å². The molecular weight excluding hydrogens is 413 g/mol. The van der Waals surface area contributed by atoms with Gasteiger partial charge in [0.1, 0.15) is 6.04 Å². The van der Waals surface area contributed by atoms with Crippen LogP contribution in [-0.4, -0.2) is 63.7 Å². The molecule has 5 fully saturated rings. The van der Waals surface area contributed by atoms with Crippen LogP contribution in [0.25, 0.3) is 0 Å². The van der Waals surface area contributed by atoms with Crippen molar-refractivity contribution >= 4 is 16.3 Å². The van der Waals surface area contributed by atoms with Gasteiger partial charge in [0.05, 0.1) is 18.2 Å². The normalized spacial score (nSPS) is 38.2. The van der Waals surface area contributed by atoms with Gasteiger partial charge in [0.15, 0.2) is 0 Å². The topological polar surface area (TPSA) is 154 Å². The summed E-state index contributed by atoms with van der Waals surface area (Å²) in [5.74, 6) is 1.28. The molecule has 0 aromatic rings. The number of carbonyl (C=O) groups is 1. The first-order chi connectivity index (χ1) is 12.5. The molecule has 3 N–H and O–H groups in total. The third-order valence-corrected chi connectivity index (χ3v) is 6.37. The summed E-state index contributed by atoms with van der Waals surface area (Å²) in [4.78, 5) is 14.2. The van der Waals surface area contributed by atoms with E-state index in [2.05, 4.69) is 11.4 Å². The fourth-order valence-electron chi connectivity index (χ4n) is 5.99. The number of hydrogen-bond donors (Lipinski definition) is 3. The van der Waals surface area contributed by atoms with Crippen molar-refractivity contribution in [2.24, 2.45) is 11.8 Å². The number of hydrogen-bond acceptors (Lipinski definition) is 7. The van der Waals surface area contributed by atoms with Gasteiger partial charge in [-0.2, -0.15) is 5.26 Å². The van der Waals surface area contributed by atoms with Crippen LogP contribution in [0.5, 0.6) is 0 Å². The molecule has 1 saturated heterocycles. The molecule has 0 spiro atoms. The first kappa shape index (κ1) is 24.7. The number of likely N-dealkylation sites (tertiary alicyclic amines) is 1. The summed E-state index contributed by atoms with van der Waals surface area (Å²) in [6.07, 6.45) is 7.87. The summed E-state index contributed by atoms with van der Waals surface area (Å²) in [6, 6.07) is 1.99. The van der Waals surface area contributed by atoms with Crippen LogP contribution in [0.2, 0.25) is 0 Å². The summed E-state index contributed by atoms with van der Waals surface area (Å²) < 4.78 is 32.8. The Kier molecular flexibility index (Phi) is 8.15. The Morgan fingerprint density at radius 1 is 1.29 bits per heavy atom. The molecule has 4 bridgehead atoms. The second-order valence-electron chi connectivity index (χ2n) is 8.62. The summed E-state index contributed by atoms with van der Waals surface area (Å²) in [6.45, 7) is 1.02. The molecule has 0 aromatic carbocycles. The van der Waals surface area contributed by atoms with Crippen LogP contribution < -0.4 is 56.7 Å². The van der Waals surface area contributed by atoms with E-state index >= 15 is 0 Å². The quantitative estimate of drug-likeness (QED) is 0.242. The Hall–Kier alpha value is 0.386. The largest absolute Gasteiger partial charge is 1.00 e. The zero-order chi connectivity index (χ0) is 19.9. The first-order valence-electron chi connectivity index (χ1n) is 9.36. The van der Waals surface area contributed by atoms with Gasteiger partial charge in [-0.25, -0.2) is 8.42 Å². The van der Waals surface area contributed by atoms with Gasteiger partial charge in [0, 0.05) is 12.1 Å². The van der Waals surface area contributed by atoms with Gasteiger partial charge in [0.25, 0.3) is 0 Å². The minimum atomic E-state index is -4.92. The Morgan fingerprint density at radius 2 is 1.86 bits per heavy atom. The van der Waals surface area contributed by atoms with Gasteiger partial charge in [-0.15, -0.1) is 0 Å². The molecule has 28 heavy (non-hydrogen) atoms. The van der Waals surface area contributed by atoms with Crippen molar-refractivity contribution in [1.82, 2.24) is 10.2 Å². The van der Waals surface area contributed by atoms with Crippen LogP contribution in [-0.2, 0) is 15.2 Å². The predicted octanol–water partition coefficient (Wildman–Crippen LogP) is -2.82. The Morgan fingerprint density at radius 3 is 2.36 bits per heavy atom. The van der Waals surface area contributed by atoms with Crippen molar-refractivity contribution in [2.45, 2.75) is 68.5 Å². The average Bonchev–Trinajstić information content (AvgIpc) is 2.97. The number of nitriles is 1. The fraction of sp³-hybridized carbons (Fsp3) is 0.882. The summed E-state index contributed by atoms with van der Waals surface area (Å²) in [5, 5.41) is 23.4. The third kappa shape index (κ3) is 6.20. The summed E-state index contributed by atoms with van der Waals surface area (Å²) >= 11 is 0. The maximum atomic E-state index is 12.4. The van der Waals surface area contributed by atoms with Gasteiger partial charge in [-0.05, 0) is 63.2 Å². The second kappa shape index (κ2) is 9.26. The van der Waals surface area contributed by atoms with Crippen LogP contribution in [0, 0.1) is 23.2 Å². The minimum absolute atomic E-state index is 0. The van der Waals surface area contributed by atoms with Crippen molar-refractivity contribution in [2.75, 3.05) is 13.1 Å². The number of rotatable bonds is 3. The number of aliphatic hydroxyl groups is 1. The van der Waals surface area contributed by atoms with E-state index < -0.39 is 16.0 Å². The molecule has 1 amide bonds. The smallest absolute Gasteiger partial charge is 0.726 e. The van der Waals surface area contributed by atoms with Gasteiger partial charge in [-0.1, -0.05) is 0 Å². The SMILES string of the molecule is N#C[C@@H]1CCCN1C(=O)CNC12CC3CC(CC(O)(C3)C1)C2.O=S(=O)([O-])O.[K+]. The molecule has 1 heterocycles. The molecule has 4 aliphatic carbocycles. The number of nitrogens with one attached hydrogen (secondary N) is 1. The number of carbonyl (C=O) groups excluding carboxylic acids is 1. The standard InChI is InChI=1S/C17H25N3O2.K.H2O4S/c18-9-14-2-1-3-20(14)15(21)10-19-16-5-12-4-13(6-16)8-17(22,7-12)11-16;;1-5(2,3)4/h12-14,19,22H,1-8,10-11H2;;(H2,1,2,3,4)/q;+1;/p-1/t12?,13?,14-,16?,17?;;/m0../s1. The molecule has 0 aromatic heterocycles. The van der Waals surface area contributed by atoms with Crippen LogP contribution in [0.3, 0.4) is 0 Å². The monoisotopic (exact) mass is 439 g/mol. The van der Waals surface area contributed by atoms with E-state index in [4.69, 9.17) is 22.8 Å². The average molecular weight is 440 g/mol. The van der Waals surface area contributed by atoms with Gasteiger partial charge in [0.2, 0.25) is 16.3 Å². The molecule has 11 heteroatoms. The van der Waals surface area contributed by atoms with E-state index in [1.807, 2.05) is 0 Å². The van der Waals surface area contributed by atoms with Gasteiger partial charge < -0.3 is 19.9 Å². The van der Waals surface area contributed by atoms with Crippen LogP contribution in [0.4, 0.5) is 0 Å². The molecule has 2 unspecified atom stereocenters. The van der Waals surface area contributed by atoms with Crippen molar-refractivity contribution in [3.05, 3.63) is 0 Å². The first-order valence-corrected chi connectivity index (χ1v) is 10.7. The molecule has 0 radical (unpaired) electrons. The van der Waals surface area contributed by atoms with Gasteiger partial charge in [-0.3, -0.25) is 9.35 Å². The maximum Gasteiger partial charge on any atom is 1.00 e. The molecule has 3 atom stereocenters. The zero-order valence-corrected chi connectivity index (χ0v) is 20.1. The third-order valence-electron chi connectivity index (χ3n) is 6.37. The fourth-order valence-corrected chi connectivity index (χ4v) is 5.99. The van der Waals surface area contributed by atoms with E-state index in [0.29, 0.717) is 24.9 Å². The number of nitrogens with zero attached hydrogens (tertiary/aromatic N) is 2. The van der Waals surface area contributed by atoms with Crippen molar-refractivity contribution < 1.29 is 78.8 Å². The van der Waals surface area contributed by atoms with Gasteiger partial charge >= 0.3 is 51.4 Å². The molecule has 4 saturated carbocycles. The van der Waals surface area contributed by atoms with Crippen LogP contribution in [0.15, 0.2) is 0 Å². The van der Waals surface area contributed by atoms with E-state index in [9.17, 15) is 9.90 Å². The Labute approximate surface area is 208 Å². The molecular formula is C17H26KN3O6S. The second-order valence-corrected chi connectivity index (χ2v) is 9.48. The molecule has 152 valence electrons.